The molecule has 0 saturated carbocycles. The maximum atomic E-state index is 10.9. The fourth-order valence-electron chi connectivity index (χ4n) is 1.25. The summed E-state index contributed by atoms with van der Waals surface area (Å²) < 4.78 is 0. The molecule has 1 heterocycles. The smallest absolute Gasteiger partial charge is 0.189 e. The highest BCUT2D eigenvalue weighted by Gasteiger charge is 2.16. The van der Waals surface area contributed by atoms with Crippen LogP contribution in [0, 0.1) is 0 Å². The van der Waals surface area contributed by atoms with Crippen molar-refractivity contribution in [3.63, 3.8) is 0 Å². The van der Waals surface area contributed by atoms with Crippen LogP contribution in [0.3, 0.4) is 0 Å². The molecule has 5 nitrogen and oxygen atoms in total. The Morgan fingerprint density at radius 2 is 2.07 bits per heavy atom. The van der Waals surface area contributed by atoms with Crippen molar-refractivity contribution in [2.75, 3.05) is 0 Å². The Kier molecular flexibility index (Phi) is 2.31. The highest BCUT2D eigenvalue weighted by molar-refractivity contribution is 5.65. The van der Waals surface area contributed by atoms with Crippen molar-refractivity contribution < 1.29 is 4.79 Å². The molecule has 1 N–H and O–H groups in total. The standard InChI is InChI=1S/C9H8N4O/c14-6-8(9-10-12-13-11-9)7-4-2-1-3-5-7/h1-6,8H,(H,10,11,12,13). The van der Waals surface area contributed by atoms with Gasteiger partial charge in [-0.15, -0.1) is 10.2 Å². The average molecular weight is 188 g/mol. The summed E-state index contributed by atoms with van der Waals surface area (Å²) in [6.07, 6.45) is 0.806. The first kappa shape index (κ1) is 8.55. The van der Waals surface area contributed by atoms with Gasteiger partial charge >= 0.3 is 0 Å². The third-order valence-electron chi connectivity index (χ3n) is 1.93. The zero-order valence-corrected chi connectivity index (χ0v) is 7.29. The molecule has 0 saturated heterocycles. The van der Waals surface area contributed by atoms with Crippen molar-refractivity contribution in [2.45, 2.75) is 5.92 Å². The minimum atomic E-state index is -0.435. The van der Waals surface area contributed by atoms with E-state index in [2.05, 4.69) is 20.6 Å². The van der Waals surface area contributed by atoms with Crippen LogP contribution in [0.4, 0.5) is 0 Å². The number of hydrogen-bond acceptors (Lipinski definition) is 4. The molecule has 5 heteroatoms. The first-order chi connectivity index (χ1) is 6.92. The molecule has 0 aliphatic rings. The lowest BCUT2D eigenvalue weighted by Crippen LogP contribution is -2.04. The van der Waals surface area contributed by atoms with E-state index >= 15 is 0 Å². The first-order valence-corrected chi connectivity index (χ1v) is 4.15. The summed E-state index contributed by atoms with van der Waals surface area (Å²) in [4.78, 5) is 10.9. The molecular weight excluding hydrogens is 180 g/mol. The number of nitrogens with zero attached hydrogens (tertiary/aromatic N) is 3. The molecule has 2 aromatic rings. The fourth-order valence-corrected chi connectivity index (χ4v) is 1.25. The second-order valence-corrected chi connectivity index (χ2v) is 2.79. The Bertz CT molecular complexity index is 398. The normalized spacial score (nSPS) is 12.3. The topological polar surface area (TPSA) is 71.5 Å². The minimum absolute atomic E-state index is 0.395. The molecule has 0 bridgehead atoms. The van der Waals surface area contributed by atoms with Crippen molar-refractivity contribution in [1.29, 1.82) is 0 Å². The van der Waals surface area contributed by atoms with Gasteiger partial charge in [-0.25, -0.2) is 0 Å². The van der Waals surface area contributed by atoms with Crippen molar-refractivity contribution in [3.8, 4) is 0 Å². The van der Waals surface area contributed by atoms with E-state index in [1.165, 1.54) is 0 Å². The van der Waals surface area contributed by atoms with Crippen LogP contribution in [-0.2, 0) is 4.79 Å². The number of rotatable bonds is 3. The molecule has 1 aromatic carbocycles. The number of nitrogens with one attached hydrogen (secondary N) is 1. The van der Waals surface area contributed by atoms with E-state index in [-0.39, 0.29) is 0 Å². The number of hydrogen-bond donors (Lipinski definition) is 1. The zero-order valence-electron chi connectivity index (χ0n) is 7.29. The average Bonchev–Trinajstić information content (AvgIpc) is 2.74. The predicted molar refractivity (Wildman–Crippen MR) is 48.5 cm³/mol. The number of aromatic amines is 1. The van der Waals surface area contributed by atoms with Crippen LogP contribution in [0.1, 0.15) is 17.3 Å². The Hall–Kier alpha value is -2.04. The second-order valence-electron chi connectivity index (χ2n) is 2.79. The summed E-state index contributed by atoms with van der Waals surface area (Å²) in [6.45, 7) is 0. The van der Waals surface area contributed by atoms with Gasteiger partial charge < -0.3 is 4.79 Å². The van der Waals surface area contributed by atoms with Crippen molar-refractivity contribution in [2.24, 2.45) is 0 Å². The Balaban J connectivity index is 2.36. The van der Waals surface area contributed by atoms with Gasteiger partial charge in [0, 0.05) is 0 Å². The summed E-state index contributed by atoms with van der Waals surface area (Å²) in [5.41, 5.74) is 0.865. The van der Waals surface area contributed by atoms with Crippen LogP contribution >= 0.6 is 0 Å². The van der Waals surface area contributed by atoms with Gasteiger partial charge in [0.1, 0.15) is 12.2 Å². The number of tetrazole rings is 1. The summed E-state index contributed by atoms with van der Waals surface area (Å²) in [6, 6.07) is 9.34. The maximum absolute atomic E-state index is 10.9. The highest BCUT2D eigenvalue weighted by atomic mass is 16.1. The Morgan fingerprint density at radius 1 is 1.29 bits per heavy atom. The molecule has 1 atom stereocenters. The van der Waals surface area contributed by atoms with Crippen LogP contribution < -0.4 is 0 Å². The number of H-pyrrole nitrogens is 1. The lowest BCUT2D eigenvalue weighted by Gasteiger charge is -2.04. The number of aromatic nitrogens is 4. The molecule has 0 spiro atoms. The molecule has 0 amide bonds. The molecule has 14 heavy (non-hydrogen) atoms. The predicted octanol–water partition coefficient (Wildman–Crippen LogP) is 0.530. The van der Waals surface area contributed by atoms with E-state index in [0.29, 0.717) is 5.82 Å². The largest absolute Gasteiger partial charge is 0.302 e. The monoisotopic (exact) mass is 188 g/mol. The molecule has 2 rings (SSSR count). The number of aldehydes is 1. The van der Waals surface area contributed by atoms with Gasteiger partial charge in [0.15, 0.2) is 5.82 Å². The zero-order chi connectivity index (χ0) is 9.80. The molecule has 1 unspecified atom stereocenters. The quantitative estimate of drug-likeness (QED) is 0.713. The first-order valence-electron chi connectivity index (χ1n) is 4.15. The molecular formula is C9H8N4O. The van der Waals surface area contributed by atoms with Gasteiger partial charge in [0.25, 0.3) is 0 Å². The van der Waals surface area contributed by atoms with Crippen LogP contribution in [0.15, 0.2) is 30.3 Å². The lowest BCUT2D eigenvalue weighted by molar-refractivity contribution is -0.108. The lowest BCUT2D eigenvalue weighted by atomic mass is 10.0. The van der Waals surface area contributed by atoms with Crippen molar-refractivity contribution in [3.05, 3.63) is 41.7 Å². The van der Waals surface area contributed by atoms with Gasteiger partial charge in [-0.1, -0.05) is 35.5 Å². The maximum Gasteiger partial charge on any atom is 0.189 e. The van der Waals surface area contributed by atoms with Gasteiger partial charge in [-0.2, -0.15) is 5.21 Å². The second kappa shape index (κ2) is 3.78. The van der Waals surface area contributed by atoms with Gasteiger partial charge in [-0.05, 0) is 5.56 Å². The van der Waals surface area contributed by atoms with E-state index < -0.39 is 5.92 Å². The van der Waals surface area contributed by atoms with Gasteiger partial charge in [0.2, 0.25) is 0 Å². The van der Waals surface area contributed by atoms with Crippen LogP contribution in [0.25, 0.3) is 0 Å². The van der Waals surface area contributed by atoms with Gasteiger partial charge in [-0.3, -0.25) is 0 Å². The highest BCUT2D eigenvalue weighted by Crippen LogP contribution is 2.17. The SMILES string of the molecule is O=CC(c1ccccc1)c1nn[nH]n1. The van der Waals surface area contributed by atoms with Gasteiger partial charge in [0.05, 0.1) is 0 Å². The molecule has 0 aliphatic heterocycles. The van der Waals surface area contributed by atoms with E-state index in [4.69, 9.17) is 0 Å². The van der Waals surface area contributed by atoms with Crippen molar-refractivity contribution >= 4 is 6.29 Å². The van der Waals surface area contributed by atoms with Crippen LogP contribution in [0.2, 0.25) is 0 Å². The molecule has 0 fully saturated rings. The Morgan fingerprint density at radius 3 is 2.64 bits per heavy atom. The third kappa shape index (κ3) is 1.52. The molecule has 0 radical (unpaired) electrons. The van der Waals surface area contributed by atoms with Crippen LogP contribution in [-0.4, -0.2) is 26.9 Å². The Labute approximate surface area is 80.2 Å². The number of carbonyl (C=O) groups excluding carboxylic acids is 1. The summed E-state index contributed by atoms with van der Waals surface area (Å²) in [5.74, 6) is -0.0406. The fraction of sp³-hybridized carbons (Fsp3) is 0.111. The van der Waals surface area contributed by atoms with E-state index in [1.54, 1.807) is 0 Å². The van der Waals surface area contributed by atoms with E-state index in [0.717, 1.165) is 11.8 Å². The number of carbonyl (C=O) groups is 1. The van der Waals surface area contributed by atoms with E-state index in [1.807, 2.05) is 30.3 Å². The molecule has 1 aromatic heterocycles. The third-order valence-corrected chi connectivity index (χ3v) is 1.93. The van der Waals surface area contributed by atoms with Crippen LogP contribution in [0.5, 0.6) is 0 Å². The molecule has 70 valence electrons. The van der Waals surface area contributed by atoms with Crippen molar-refractivity contribution in [1.82, 2.24) is 20.6 Å². The summed E-state index contributed by atoms with van der Waals surface area (Å²) >= 11 is 0. The summed E-state index contributed by atoms with van der Waals surface area (Å²) in [5, 5.41) is 13.3. The minimum Gasteiger partial charge on any atom is -0.302 e. The number of benzene rings is 1. The van der Waals surface area contributed by atoms with E-state index in [9.17, 15) is 4.79 Å². The summed E-state index contributed by atoms with van der Waals surface area (Å²) in [7, 11) is 0. The molecule has 0 aliphatic carbocycles.